The van der Waals surface area contributed by atoms with E-state index in [1.165, 1.54) is 57.8 Å². The molecule has 85 valence electrons. The largest absolute Gasteiger partial charge is 0.379 e. The Balaban J connectivity index is 2.78. The zero-order valence-electron chi connectivity index (χ0n) is 10.1. The van der Waals surface area contributed by atoms with Crippen LogP contribution in [0.5, 0.6) is 0 Å². The molecule has 0 atom stereocenters. The van der Waals surface area contributed by atoms with Crippen molar-refractivity contribution in [2.24, 2.45) is 0 Å². The van der Waals surface area contributed by atoms with E-state index in [9.17, 15) is 0 Å². The summed E-state index contributed by atoms with van der Waals surface area (Å²) in [5, 5.41) is 0. The van der Waals surface area contributed by atoms with Gasteiger partial charge in [-0.2, -0.15) is 0 Å². The molecule has 0 spiro atoms. The molecule has 0 heterocycles. The summed E-state index contributed by atoms with van der Waals surface area (Å²) in [7, 11) is 1.73. The second kappa shape index (κ2) is 13.0. The minimum absolute atomic E-state index is 1.12. The number of unbranched alkanes of at least 4 members (excludes halogenated alkanes) is 9. The lowest BCUT2D eigenvalue weighted by atomic mass is 10.1. The summed E-state index contributed by atoms with van der Waals surface area (Å²) in [6.45, 7) is 4.17. The van der Waals surface area contributed by atoms with E-state index >= 15 is 0 Å². The summed E-state index contributed by atoms with van der Waals surface area (Å²) >= 11 is 0. The van der Waals surface area contributed by atoms with E-state index in [4.69, 9.17) is 4.74 Å². The van der Waals surface area contributed by atoms with E-state index in [0.717, 1.165) is 6.42 Å². The first-order valence-corrected chi connectivity index (χ1v) is 6.26. The third-order valence-corrected chi connectivity index (χ3v) is 2.59. The second-order valence-corrected chi connectivity index (χ2v) is 4.02. The SMILES string of the molecule is CCCCCCCCCCC[CH]OC. The molecule has 0 rings (SSSR count). The lowest BCUT2D eigenvalue weighted by Crippen LogP contribution is -1.83. The van der Waals surface area contributed by atoms with Crippen LogP contribution in [0.25, 0.3) is 0 Å². The molecule has 0 unspecified atom stereocenters. The first kappa shape index (κ1) is 14.0. The Hall–Kier alpha value is -0.0400. The Morgan fingerprint density at radius 1 is 0.786 bits per heavy atom. The van der Waals surface area contributed by atoms with Crippen molar-refractivity contribution in [3.63, 3.8) is 0 Å². The molecule has 1 nitrogen and oxygen atoms in total. The molecule has 0 fully saturated rings. The summed E-state index contributed by atoms with van der Waals surface area (Å²) in [5.74, 6) is 0. The van der Waals surface area contributed by atoms with Crippen molar-refractivity contribution < 1.29 is 4.74 Å². The fraction of sp³-hybridized carbons (Fsp3) is 0.923. The monoisotopic (exact) mass is 199 g/mol. The molecule has 0 saturated carbocycles. The van der Waals surface area contributed by atoms with Crippen molar-refractivity contribution in [3.05, 3.63) is 6.61 Å². The number of ether oxygens (including phenoxy) is 1. The average molecular weight is 199 g/mol. The van der Waals surface area contributed by atoms with Gasteiger partial charge in [0, 0.05) is 7.11 Å². The quantitative estimate of drug-likeness (QED) is 0.438. The molecule has 0 aliphatic rings. The van der Waals surface area contributed by atoms with Gasteiger partial charge in [-0.3, -0.25) is 0 Å². The molecule has 0 bridgehead atoms. The summed E-state index contributed by atoms with van der Waals surface area (Å²) in [5.41, 5.74) is 0. The Kier molecular flexibility index (Phi) is 12.9. The van der Waals surface area contributed by atoms with Gasteiger partial charge in [0.05, 0.1) is 6.61 Å². The maximum absolute atomic E-state index is 4.89. The molecule has 0 aromatic carbocycles. The highest BCUT2D eigenvalue weighted by Crippen LogP contribution is 2.10. The van der Waals surface area contributed by atoms with Crippen LogP contribution in [0.3, 0.4) is 0 Å². The Labute approximate surface area is 90.2 Å². The zero-order valence-corrected chi connectivity index (χ0v) is 10.1. The van der Waals surface area contributed by atoms with Crippen LogP contribution in [0.2, 0.25) is 0 Å². The average Bonchev–Trinajstić information content (AvgIpc) is 2.21. The molecule has 0 aromatic rings. The summed E-state index contributed by atoms with van der Waals surface area (Å²) in [6.07, 6.45) is 13.7. The van der Waals surface area contributed by atoms with E-state index in [0.29, 0.717) is 0 Å². The van der Waals surface area contributed by atoms with Gasteiger partial charge in [-0.1, -0.05) is 64.7 Å². The molecule has 0 amide bonds. The standard InChI is InChI=1S/C13H27O/c1-3-4-5-6-7-8-9-10-11-12-13-14-2/h13H,3-12H2,1-2H3. The van der Waals surface area contributed by atoms with Crippen molar-refractivity contribution in [3.8, 4) is 0 Å². The molecule has 0 aliphatic heterocycles. The molecular formula is C13H27O. The number of methoxy groups -OCH3 is 1. The van der Waals surface area contributed by atoms with Gasteiger partial charge in [0.25, 0.3) is 0 Å². The minimum Gasteiger partial charge on any atom is -0.379 e. The van der Waals surface area contributed by atoms with Gasteiger partial charge in [0.15, 0.2) is 0 Å². The van der Waals surface area contributed by atoms with Gasteiger partial charge >= 0.3 is 0 Å². The van der Waals surface area contributed by atoms with Gasteiger partial charge < -0.3 is 4.74 Å². The second-order valence-electron chi connectivity index (χ2n) is 4.02. The maximum atomic E-state index is 4.89. The van der Waals surface area contributed by atoms with Gasteiger partial charge in [-0.25, -0.2) is 0 Å². The minimum atomic E-state index is 1.12. The summed E-state index contributed by atoms with van der Waals surface area (Å²) in [4.78, 5) is 0. The van der Waals surface area contributed by atoms with Crippen molar-refractivity contribution in [1.29, 1.82) is 0 Å². The predicted octanol–water partition coefficient (Wildman–Crippen LogP) is 4.72. The van der Waals surface area contributed by atoms with Crippen LogP contribution >= 0.6 is 0 Å². The smallest absolute Gasteiger partial charge is 0.0832 e. The number of rotatable bonds is 11. The highest BCUT2D eigenvalue weighted by Gasteiger charge is 1.92. The molecule has 14 heavy (non-hydrogen) atoms. The number of hydrogen-bond acceptors (Lipinski definition) is 1. The molecule has 0 aromatic heterocycles. The highest BCUT2D eigenvalue weighted by molar-refractivity contribution is 4.51. The lowest BCUT2D eigenvalue weighted by molar-refractivity contribution is 0.262. The van der Waals surface area contributed by atoms with Crippen LogP contribution in [0, 0.1) is 6.61 Å². The predicted molar refractivity (Wildman–Crippen MR) is 63.2 cm³/mol. The van der Waals surface area contributed by atoms with Crippen molar-refractivity contribution >= 4 is 0 Å². The van der Waals surface area contributed by atoms with E-state index in [-0.39, 0.29) is 0 Å². The summed E-state index contributed by atoms with van der Waals surface area (Å²) < 4.78 is 4.89. The topological polar surface area (TPSA) is 9.23 Å². The fourth-order valence-corrected chi connectivity index (χ4v) is 1.66. The Morgan fingerprint density at radius 2 is 1.29 bits per heavy atom. The van der Waals surface area contributed by atoms with Gasteiger partial charge in [-0.05, 0) is 6.42 Å². The van der Waals surface area contributed by atoms with Crippen LogP contribution in [0.1, 0.15) is 71.1 Å². The van der Waals surface area contributed by atoms with Crippen LogP contribution in [0.4, 0.5) is 0 Å². The zero-order chi connectivity index (χ0) is 10.5. The van der Waals surface area contributed by atoms with E-state index in [2.05, 4.69) is 6.92 Å². The third kappa shape index (κ3) is 12.0. The van der Waals surface area contributed by atoms with Gasteiger partial charge in [0.1, 0.15) is 0 Å². The van der Waals surface area contributed by atoms with E-state index in [1.54, 1.807) is 7.11 Å². The van der Waals surface area contributed by atoms with Gasteiger partial charge in [-0.15, -0.1) is 0 Å². The highest BCUT2D eigenvalue weighted by atomic mass is 16.5. The van der Waals surface area contributed by atoms with Gasteiger partial charge in [0.2, 0.25) is 0 Å². The first-order chi connectivity index (χ1) is 6.91. The molecule has 0 N–H and O–H groups in total. The molecule has 1 radical (unpaired) electrons. The van der Waals surface area contributed by atoms with E-state index in [1.807, 2.05) is 6.61 Å². The van der Waals surface area contributed by atoms with Crippen molar-refractivity contribution in [2.75, 3.05) is 7.11 Å². The fourth-order valence-electron chi connectivity index (χ4n) is 1.66. The molecule has 1 heteroatoms. The molecule has 0 saturated heterocycles. The Bertz CT molecular complexity index is 79.2. The van der Waals surface area contributed by atoms with Crippen LogP contribution < -0.4 is 0 Å². The lowest BCUT2D eigenvalue weighted by Gasteiger charge is -2.01. The van der Waals surface area contributed by atoms with Crippen molar-refractivity contribution in [1.82, 2.24) is 0 Å². The number of hydrogen-bond donors (Lipinski definition) is 0. The van der Waals surface area contributed by atoms with Crippen molar-refractivity contribution in [2.45, 2.75) is 71.1 Å². The van der Waals surface area contributed by atoms with Crippen LogP contribution in [-0.4, -0.2) is 7.11 Å². The molecular weight excluding hydrogens is 172 g/mol. The summed E-state index contributed by atoms with van der Waals surface area (Å²) in [6, 6.07) is 0. The first-order valence-electron chi connectivity index (χ1n) is 6.26. The maximum Gasteiger partial charge on any atom is 0.0832 e. The van der Waals surface area contributed by atoms with Crippen LogP contribution in [-0.2, 0) is 4.74 Å². The van der Waals surface area contributed by atoms with Crippen LogP contribution in [0.15, 0.2) is 0 Å². The molecule has 0 aliphatic carbocycles. The third-order valence-electron chi connectivity index (χ3n) is 2.59. The van der Waals surface area contributed by atoms with E-state index < -0.39 is 0 Å². The Morgan fingerprint density at radius 3 is 1.79 bits per heavy atom. The normalized spacial score (nSPS) is 10.7.